The molecule has 3 nitrogen and oxygen atoms in total. The Morgan fingerprint density at radius 2 is 1.85 bits per heavy atom. The van der Waals surface area contributed by atoms with Crippen molar-refractivity contribution in [2.45, 2.75) is 13.0 Å². The molecule has 0 aliphatic heterocycles. The van der Waals surface area contributed by atoms with Crippen LogP contribution in [0.2, 0.25) is 0 Å². The van der Waals surface area contributed by atoms with Gasteiger partial charge in [-0.1, -0.05) is 22.0 Å². The Kier molecular flexibility index (Phi) is 4.43. The normalized spacial score (nSPS) is 11.8. The van der Waals surface area contributed by atoms with Gasteiger partial charge < -0.3 is 10.0 Å². The molecule has 4 heteroatoms. The molecule has 0 fully saturated rings. The van der Waals surface area contributed by atoms with Crippen molar-refractivity contribution in [3.05, 3.63) is 58.1 Å². The molecule has 2 rings (SSSR count). The minimum atomic E-state index is -0.543. The highest BCUT2D eigenvalue weighted by atomic mass is 79.9. The van der Waals surface area contributed by atoms with Crippen LogP contribution in [0.3, 0.4) is 0 Å². The van der Waals surface area contributed by atoms with Gasteiger partial charge in [-0.2, -0.15) is 5.26 Å². The Hall–Kier alpha value is -1.83. The Bertz CT molecular complexity index is 645. The van der Waals surface area contributed by atoms with E-state index >= 15 is 0 Å². The van der Waals surface area contributed by atoms with Gasteiger partial charge >= 0.3 is 0 Å². The fourth-order valence-corrected chi connectivity index (χ4v) is 2.41. The molecule has 1 unspecified atom stereocenters. The SMILES string of the molecule is CC(O)c1ccc(Br)cc1N(C)c1ccc(C#N)cc1. The highest BCUT2D eigenvalue weighted by molar-refractivity contribution is 9.10. The molecular formula is C16H15BrN2O. The van der Waals surface area contributed by atoms with Crippen LogP contribution in [0.1, 0.15) is 24.2 Å². The van der Waals surface area contributed by atoms with Crippen molar-refractivity contribution < 1.29 is 5.11 Å². The maximum atomic E-state index is 9.89. The summed E-state index contributed by atoms with van der Waals surface area (Å²) in [7, 11) is 1.94. The fourth-order valence-electron chi connectivity index (χ4n) is 2.06. The van der Waals surface area contributed by atoms with E-state index in [9.17, 15) is 5.11 Å². The third-order valence-electron chi connectivity index (χ3n) is 3.19. The summed E-state index contributed by atoms with van der Waals surface area (Å²) in [5.41, 5.74) is 3.38. The van der Waals surface area contributed by atoms with Gasteiger partial charge in [0.25, 0.3) is 0 Å². The summed E-state index contributed by atoms with van der Waals surface area (Å²) in [6, 6.07) is 15.3. The van der Waals surface area contributed by atoms with E-state index in [0.717, 1.165) is 21.4 Å². The molecule has 0 bridgehead atoms. The molecule has 2 aromatic carbocycles. The second kappa shape index (κ2) is 6.08. The summed E-state index contributed by atoms with van der Waals surface area (Å²) < 4.78 is 0.956. The molecule has 0 aromatic heterocycles. The molecule has 0 aliphatic rings. The predicted molar refractivity (Wildman–Crippen MR) is 84.0 cm³/mol. The fraction of sp³-hybridized carbons (Fsp3) is 0.188. The maximum Gasteiger partial charge on any atom is 0.0991 e. The lowest BCUT2D eigenvalue weighted by Gasteiger charge is -2.24. The standard InChI is InChI=1S/C16H15BrN2O/c1-11(20)15-8-5-13(17)9-16(15)19(2)14-6-3-12(10-18)4-7-14/h3-9,11,20H,1-2H3. The molecule has 20 heavy (non-hydrogen) atoms. The van der Waals surface area contributed by atoms with Crippen LogP contribution in [0.15, 0.2) is 46.9 Å². The first kappa shape index (κ1) is 14.6. The van der Waals surface area contributed by atoms with Gasteiger partial charge in [0.2, 0.25) is 0 Å². The van der Waals surface area contributed by atoms with Crippen LogP contribution in [-0.4, -0.2) is 12.2 Å². The molecule has 0 spiro atoms. The third kappa shape index (κ3) is 3.01. The monoisotopic (exact) mass is 330 g/mol. The summed E-state index contributed by atoms with van der Waals surface area (Å²) in [5.74, 6) is 0. The van der Waals surface area contributed by atoms with E-state index in [4.69, 9.17) is 5.26 Å². The zero-order chi connectivity index (χ0) is 14.7. The molecular weight excluding hydrogens is 316 g/mol. The van der Waals surface area contributed by atoms with Gasteiger partial charge in [-0.05, 0) is 43.3 Å². The van der Waals surface area contributed by atoms with Crippen LogP contribution in [0.4, 0.5) is 11.4 Å². The molecule has 0 saturated heterocycles. The number of aliphatic hydroxyl groups is 1. The van der Waals surface area contributed by atoms with Gasteiger partial charge in [-0.25, -0.2) is 0 Å². The van der Waals surface area contributed by atoms with E-state index in [1.54, 1.807) is 19.1 Å². The zero-order valence-electron chi connectivity index (χ0n) is 11.3. The van der Waals surface area contributed by atoms with E-state index in [1.807, 2.05) is 42.3 Å². The van der Waals surface area contributed by atoms with Crippen LogP contribution in [-0.2, 0) is 0 Å². The van der Waals surface area contributed by atoms with E-state index in [0.29, 0.717) is 5.56 Å². The number of anilines is 2. The Labute approximate surface area is 127 Å². The lowest BCUT2D eigenvalue weighted by atomic mass is 10.1. The van der Waals surface area contributed by atoms with E-state index < -0.39 is 6.10 Å². The highest BCUT2D eigenvalue weighted by Gasteiger charge is 2.13. The lowest BCUT2D eigenvalue weighted by Crippen LogP contribution is -2.12. The van der Waals surface area contributed by atoms with Crippen molar-refractivity contribution in [1.82, 2.24) is 0 Å². The molecule has 0 amide bonds. The summed E-state index contributed by atoms with van der Waals surface area (Å²) in [6.07, 6.45) is -0.543. The van der Waals surface area contributed by atoms with Crippen molar-refractivity contribution >= 4 is 27.3 Å². The number of halogens is 1. The quantitative estimate of drug-likeness (QED) is 0.919. The van der Waals surface area contributed by atoms with Gasteiger partial charge in [0.05, 0.1) is 17.7 Å². The van der Waals surface area contributed by atoms with Crippen molar-refractivity contribution in [2.24, 2.45) is 0 Å². The van der Waals surface area contributed by atoms with Gasteiger partial charge in [0, 0.05) is 28.5 Å². The number of aliphatic hydroxyl groups excluding tert-OH is 1. The second-order valence-electron chi connectivity index (χ2n) is 4.60. The predicted octanol–water partition coefficient (Wildman–Crippen LogP) is 4.14. The minimum absolute atomic E-state index is 0.543. The van der Waals surface area contributed by atoms with Crippen LogP contribution in [0, 0.1) is 11.3 Å². The molecule has 102 valence electrons. The largest absolute Gasteiger partial charge is 0.389 e. The molecule has 0 radical (unpaired) electrons. The van der Waals surface area contributed by atoms with Gasteiger partial charge in [-0.3, -0.25) is 0 Å². The first-order valence-corrected chi connectivity index (χ1v) is 7.03. The molecule has 2 aromatic rings. The number of hydrogen-bond donors (Lipinski definition) is 1. The van der Waals surface area contributed by atoms with Crippen molar-refractivity contribution in [1.29, 1.82) is 5.26 Å². The van der Waals surface area contributed by atoms with Gasteiger partial charge in [0.15, 0.2) is 0 Å². The number of nitrogens with zero attached hydrogens (tertiary/aromatic N) is 2. The van der Waals surface area contributed by atoms with Crippen LogP contribution in [0.5, 0.6) is 0 Å². The first-order valence-electron chi connectivity index (χ1n) is 6.24. The van der Waals surface area contributed by atoms with E-state index in [2.05, 4.69) is 22.0 Å². The van der Waals surface area contributed by atoms with Crippen molar-refractivity contribution in [3.8, 4) is 6.07 Å². The summed E-state index contributed by atoms with van der Waals surface area (Å²) in [5, 5.41) is 18.7. The molecule has 1 atom stereocenters. The number of nitriles is 1. The van der Waals surface area contributed by atoms with E-state index in [-0.39, 0.29) is 0 Å². The van der Waals surface area contributed by atoms with Gasteiger partial charge in [0.1, 0.15) is 0 Å². The maximum absolute atomic E-state index is 9.89. The minimum Gasteiger partial charge on any atom is -0.389 e. The Morgan fingerprint density at radius 3 is 2.40 bits per heavy atom. The average molecular weight is 331 g/mol. The van der Waals surface area contributed by atoms with Gasteiger partial charge in [-0.15, -0.1) is 0 Å². The van der Waals surface area contributed by atoms with Crippen LogP contribution >= 0.6 is 15.9 Å². The number of hydrogen-bond acceptors (Lipinski definition) is 3. The Morgan fingerprint density at radius 1 is 1.20 bits per heavy atom. The molecule has 1 N–H and O–H groups in total. The highest BCUT2D eigenvalue weighted by Crippen LogP contribution is 2.33. The molecule has 0 saturated carbocycles. The average Bonchev–Trinajstić information content (AvgIpc) is 2.46. The molecule has 0 aliphatic carbocycles. The number of rotatable bonds is 3. The molecule has 0 heterocycles. The Balaban J connectivity index is 2.44. The summed E-state index contributed by atoms with van der Waals surface area (Å²) in [6.45, 7) is 1.75. The number of benzene rings is 2. The third-order valence-corrected chi connectivity index (χ3v) is 3.68. The summed E-state index contributed by atoms with van der Waals surface area (Å²) >= 11 is 3.46. The lowest BCUT2D eigenvalue weighted by molar-refractivity contribution is 0.200. The summed E-state index contributed by atoms with van der Waals surface area (Å²) in [4.78, 5) is 1.99. The van der Waals surface area contributed by atoms with Crippen LogP contribution in [0.25, 0.3) is 0 Å². The topological polar surface area (TPSA) is 47.3 Å². The van der Waals surface area contributed by atoms with Crippen LogP contribution < -0.4 is 4.90 Å². The first-order chi connectivity index (χ1) is 9.52. The van der Waals surface area contributed by atoms with Crippen molar-refractivity contribution in [2.75, 3.05) is 11.9 Å². The second-order valence-corrected chi connectivity index (χ2v) is 5.51. The zero-order valence-corrected chi connectivity index (χ0v) is 12.9. The smallest absolute Gasteiger partial charge is 0.0991 e. The van der Waals surface area contributed by atoms with E-state index in [1.165, 1.54) is 0 Å². The van der Waals surface area contributed by atoms with Crippen molar-refractivity contribution in [3.63, 3.8) is 0 Å².